The predicted octanol–water partition coefficient (Wildman–Crippen LogP) is 3.45. The number of rotatable bonds is 6. The third kappa shape index (κ3) is 4.36. The number of esters is 1. The van der Waals surface area contributed by atoms with Crippen molar-refractivity contribution in [1.82, 2.24) is 4.98 Å². The molecule has 0 aliphatic carbocycles. The van der Waals surface area contributed by atoms with Crippen LogP contribution in [0.2, 0.25) is 0 Å². The summed E-state index contributed by atoms with van der Waals surface area (Å²) in [7, 11) is 0. The molecule has 29 heavy (non-hydrogen) atoms. The normalized spacial score (nSPS) is 14.7. The van der Waals surface area contributed by atoms with Gasteiger partial charge in [-0.25, -0.2) is 9.78 Å². The summed E-state index contributed by atoms with van der Waals surface area (Å²) in [6, 6.07) is 7.22. The van der Waals surface area contributed by atoms with Crippen LogP contribution in [0.1, 0.15) is 34.8 Å². The highest BCUT2D eigenvalue weighted by Crippen LogP contribution is 2.31. The van der Waals surface area contributed by atoms with E-state index in [2.05, 4.69) is 16.0 Å². The molecule has 1 amide bonds. The number of terminal acetylenes is 1. The molecule has 0 fully saturated rings. The summed E-state index contributed by atoms with van der Waals surface area (Å²) in [5, 5.41) is 5.86. The molecule has 2 heterocycles. The molecule has 1 aromatic heterocycles. The Balaban J connectivity index is 1.82. The molecule has 0 saturated heterocycles. The Hall–Kier alpha value is -3.44. The molecule has 1 aromatic carbocycles. The zero-order chi connectivity index (χ0) is 21.0. The van der Waals surface area contributed by atoms with E-state index in [1.54, 1.807) is 39.0 Å². The fourth-order valence-corrected chi connectivity index (χ4v) is 3.54. The van der Waals surface area contributed by atoms with Gasteiger partial charge < -0.3 is 9.47 Å². The zero-order valence-corrected chi connectivity index (χ0v) is 17.1. The number of benzene rings is 1. The number of nitrogens with zero attached hydrogens (tertiary/aromatic N) is 3. The summed E-state index contributed by atoms with van der Waals surface area (Å²) in [5.41, 5.74) is 2.34. The van der Waals surface area contributed by atoms with E-state index in [-0.39, 0.29) is 19.1 Å². The molecule has 0 atom stereocenters. The Labute approximate surface area is 172 Å². The quantitative estimate of drug-likeness (QED) is 0.415. The van der Waals surface area contributed by atoms with Gasteiger partial charge in [0.2, 0.25) is 5.13 Å². The van der Waals surface area contributed by atoms with Gasteiger partial charge in [-0.2, -0.15) is 10.1 Å². The minimum atomic E-state index is -0.455. The van der Waals surface area contributed by atoms with Gasteiger partial charge in [-0.1, -0.05) is 29.4 Å². The third-order valence-electron chi connectivity index (χ3n) is 4.00. The third-order valence-corrected chi connectivity index (χ3v) is 5.12. The van der Waals surface area contributed by atoms with Crippen LogP contribution >= 0.6 is 11.3 Å². The molecule has 0 spiro atoms. The topological polar surface area (TPSA) is 81.1 Å². The number of hydrogen-bond acceptors (Lipinski definition) is 7. The number of aromatic nitrogens is 1. The minimum Gasteiger partial charge on any atom is -0.481 e. The summed E-state index contributed by atoms with van der Waals surface area (Å²) in [6.45, 7) is 5.65. The van der Waals surface area contributed by atoms with Gasteiger partial charge in [0.15, 0.2) is 0 Å². The second kappa shape index (κ2) is 8.71. The molecule has 1 aliphatic rings. The second-order valence-electron chi connectivity index (χ2n) is 6.05. The molecule has 0 unspecified atom stereocenters. The van der Waals surface area contributed by atoms with Crippen molar-refractivity contribution in [1.29, 1.82) is 0 Å². The highest BCUT2D eigenvalue weighted by molar-refractivity contribution is 7.17. The first-order valence-electron chi connectivity index (χ1n) is 8.87. The van der Waals surface area contributed by atoms with Gasteiger partial charge in [0.1, 0.15) is 17.2 Å². The van der Waals surface area contributed by atoms with Crippen molar-refractivity contribution in [3.8, 4) is 18.1 Å². The van der Waals surface area contributed by atoms with Crippen molar-refractivity contribution >= 4 is 40.1 Å². The van der Waals surface area contributed by atoms with Crippen LogP contribution in [-0.4, -0.2) is 35.8 Å². The van der Waals surface area contributed by atoms with Crippen molar-refractivity contribution in [3.05, 3.63) is 46.0 Å². The van der Waals surface area contributed by atoms with E-state index >= 15 is 0 Å². The number of hydrogen-bond donors (Lipinski definition) is 0. The molecule has 1 aliphatic heterocycles. The van der Waals surface area contributed by atoms with Crippen LogP contribution < -0.4 is 9.75 Å². The number of carbonyl (C=O) groups is 2. The molecule has 0 radical (unpaired) electrons. The van der Waals surface area contributed by atoms with Crippen LogP contribution in [0.3, 0.4) is 0 Å². The zero-order valence-electron chi connectivity index (χ0n) is 16.3. The van der Waals surface area contributed by atoms with Crippen LogP contribution in [0.5, 0.6) is 5.75 Å². The lowest BCUT2D eigenvalue weighted by molar-refractivity contribution is -0.114. The molecule has 7 nitrogen and oxygen atoms in total. The van der Waals surface area contributed by atoms with Gasteiger partial charge in [0.25, 0.3) is 5.91 Å². The number of anilines is 1. The Morgan fingerprint density at radius 3 is 2.69 bits per heavy atom. The van der Waals surface area contributed by atoms with E-state index in [0.717, 1.165) is 16.9 Å². The Bertz CT molecular complexity index is 1040. The molecular weight excluding hydrogens is 390 g/mol. The molecule has 148 valence electrons. The number of ether oxygens (including phenoxy) is 2. The average molecular weight is 409 g/mol. The van der Waals surface area contributed by atoms with Gasteiger partial charge >= 0.3 is 5.97 Å². The average Bonchev–Trinajstić information content (AvgIpc) is 3.22. The lowest BCUT2D eigenvalue weighted by Gasteiger charge is -2.07. The second-order valence-corrected chi connectivity index (χ2v) is 7.03. The van der Waals surface area contributed by atoms with Crippen LogP contribution in [0.15, 0.2) is 34.9 Å². The van der Waals surface area contributed by atoms with Crippen LogP contribution in [0.25, 0.3) is 6.08 Å². The summed E-state index contributed by atoms with van der Waals surface area (Å²) < 4.78 is 10.4. The van der Waals surface area contributed by atoms with E-state index in [9.17, 15) is 9.59 Å². The monoisotopic (exact) mass is 409 g/mol. The first kappa shape index (κ1) is 20.3. The van der Waals surface area contributed by atoms with Crippen molar-refractivity contribution in [2.75, 3.05) is 18.2 Å². The number of amides is 1. The van der Waals surface area contributed by atoms with Gasteiger partial charge in [-0.05, 0) is 44.5 Å². The van der Waals surface area contributed by atoms with Crippen LogP contribution in [0.4, 0.5) is 5.13 Å². The van der Waals surface area contributed by atoms with Gasteiger partial charge in [0.05, 0.1) is 23.6 Å². The van der Waals surface area contributed by atoms with Gasteiger partial charge in [0, 0.05) is 0 Å². The van der Waals surface area contributed by atoms with Gasteiger partial charge in [-0.3, -0.25) is 4.79 Å². The molecule has 0 saturated carbocycles. The maximum absolute atomic E-state index is 12.9. The predicted molar refractivity (Wildman–Crippen MR) is 112 cm³/mol. The SMILES string of the molecule is C#CCOc1ccc(C=C2C(=O)N(c3nc(C)c(C(=O)OCC)s3)N=C2C)cc1. The maximum Gasteiger partial charge on any atom is 0.350 e. The smallest absolute Gasteiger partial charge is 0.350 e. The molecule has 0 N–H and O–H groups in total. The minimum absolute atomic E-state index is 0.195. The van der Waals surface area contributed by atoms with Crippen molar-refractivity contribution < 1.29 is 19.1 Å². The lowest BCUT2D eigenvalue weighted by atomic mass is 10.1. The Morgan fingerprint density at radius 2 is 2.03 bits per heavy atom. The Kier molecular flexibility index (Phi) is 6.10. The van der Waals surface area contributed by atoms with E-state index in [1.165, 1.54) is 5.01 Å². The van der Waals surface area contributed by atoms with E-state index in [4.69, 9.17) is 15.9 Å². The number of hydrazone groups is 1. The highest BCUT2D eigenvalue weighted by Gasteiger charge is 2.32. The molecular formula is C21H19N3O4S. The van der Waals surface area contributed by atoms with Crippen molar-refractivity contribution in [2.45, 2.75) is 20.8 Å². The number of carbonyl (C=O) groups excluding carboxylic acids is 2. The largest absolute Gasteiger partial charge is 0.481 e. The number of thiazole rings is 1. The van der Waals surface area contributed by atoms with Crippen LogP contribution in [-0.2, 0) is 9.53 Å². The van der Waals surface area contributed by atoms with E-state index in [1.807, 2.05) is 12.1 Å². The summed E-state index contributed by atoms with van der Waals surface area (Å²) in [4.78, 5) is 29.6. The standard InChI is InChI=1S/C21H19N3O4S/c1-5-11-28-16-9-7-15(8-10-16)12-17-13(3)23-24(19(17)25)21-22-14(4)18(29-21)20(26)27-6-2/h1,7-10,12H,6,11H2,2-4H3. The highest BCUT2D eigenvalue weighted by atomic mass is 32.1. The van der Waals surface area contributed by atoms with Crippen molar-refractivity contribution in [3.63, 3.8) is 0 Å². The number of aryl methyl sites for hydroxylation is 1. The maximum atomic E-state index is 12.9. The Morgan fingerprint density at radius 1 is 1.31 bits per heavy atom. The first-order valence-corrected chi connectivity index (χ1v) is 9.68. The fraction of sp³-hybridized carbons (Fsp3) is 0.238. The summed E-state index contributed by atoms with van der Waals surface area (Å²) in [6.07, 6.45) is 6.93. The fourth-order valence-electron chi connectivity index (χ4n) is 2.62. The molecule has 0 bridgehead atoms. The molecule has 2 aromatic rings. The van der Waals surface area contributed by atoms with E-state index < -0.39 is 5.97 Å². The van der Waals surface area contributed by atoms with Crippen LogP contribution in [0, 0.1) is 19.3 Å². The summed E-state index contributed by atoms with van der Waals surface area (Å²) >= 11 is 1.08. The van der Waals surface area contributed by atoms with E-state index in [0.29, 0.717) is 32.7 Å². The van der Waals surface area contributed by atoms with Crippen molar-refractivity contribution in [2.24, 2.45) is 5.10 Å². The lowest BCUT2D eigenvalue weighted by Crippen LogP contribution is -2.21. The summed E-state index contributed by atoms with van der Waals surface area (Å²) in [5.74, 6) is 2.30. The first-order chi connectivity index (χ1) is 13.9. The molecule has 8 heteroatoms. The van der Waals surface area contributed by atoms with Gasteiger partial charge in [-0.15, -0.1) is 6.42 Å². The molecule has 3 rings (SSSR count).